The number of rotatable bonds is 6. The second-order valence-electron chi connectivity index (χ2n) is 11.4. The number of carbonyl (C=O) groups excluding carboxylic acids is 1. The minimum atomic E-state index is -3.04. The lowest BCUT2D eigenvalue weighted by molar-refractivity contribution is -0.138. The topological polar surface area (TPSA) is 89.8 Å². The summed E-state index contributed by atoms with van der Waals surface area (Å²) < 4.78 is 49.2. The molecule has 4 aliphatic rings. The Balaban J connectivity index is 1.34. The van der Waals surface area contributed by atoms with E-state index in [0.29, 0.717) is 51.2 Å². The molecule has 2 aliphatic heterocycles. The summed E-state index contributed by atoms with van der Waals surface area (Å²) in [4.78, 5) is 21.1. The fraction of sp³-hybridized carbons (Fsp3) is 0.880. The highest BCUT2D eigenvalue weighted by molar-refractivity contribution is 5.94. The number of halogens is 3. The molecule has 8 nitrogen and oxygen atoms in total. The Labute approximate surface area is 211 Å². The van der Waals surface area contributed by atoms with E-state index in [0.717, 1.165) is 19.5 Å². The number of ether oxygens (including phenoxy) is 1. The zero-order chi connectivity index (χ0) is 26.1. The highest BCUT2D eigenvalue weighted by Gasteiger charge is 2.50. The molecule has 11 heteroatoms. The van der Waals surface area contributed by atoms with Crippen molar-refractivity contribution in [3.05, 3.63) is 0 Å². The molecule has 2 heterocycles. The lowest BCUT2D eigenvalue weighted by Crippen LogP contribution is -2.61. The van der Waals surface area contributed by atoms with Gasteiger partial charge in [-0.15, -0.1) is 0 Å². The standard InChI is InChI=1S/C25H40F3N5O3/c1-16(2)33-10-6-18(15-33)36-20-5-4-7-25(27,28)21(20)30-23(34)32-11-8-24(3,9-12-32)22(31-35)29-14-17-13-19(17)26/h14,16-21,35H,4-13,15H2,1-3H3,(H,30,34)/b29-14+,31-22-/t17-,18-,19-,20-,21+/m0/s1. The molecule has 2 saturated heterocycles. The van der Waals surface area contributed by atoms with Gasteiger partial charge in [-0.3, -0.25) is 4.90 Å². The third-order valence-corrected chi connectivity index (χ3v) is 8.31. The van der Waals surface area contributed by atoms with Crippen molar-refractivity contribution in [3.8, 4) is 0 Å². The van der Waals surface area contributed by atoms with Gasteiger partial charge in [-0.05, 0) is 52.4 Å². The van der Waals surface area contributed by atoms with Gasteiger partial charge in [-0.1, -0.05) is 12.1 Å². The zero-order valence-corrected chi connectivity index (χ0v) is 21.5. The number of piperidine rings is 1. The molecule has 0 spiro atoms. The summed E-state index contributed by atoms with van der Waals surface area (Å²) in [7, 11) is 0. The summed E-state index contributed by atoms with van der Waals surface area (Å²) in [5.74, 6) is -3.07. The van der Waals surface area contributed by atoms with Gasteiger partial charge in [-0.25, -0.2) is 23.0 Å². The first-order valence-electron chi connectivity index (χ1n) is 13.3. The van der Waals surface area contributed by atoms with E-state index in [1.807, 2.05) is 6.92 Å². The van der Waals surface area contributed by atoms with E-state index in [1.54, 1.807) is 0 Å². The predicted molar refractivity (Wildman–Crippen MR) is 131 cm³/mol. The van der Waals surface area contributed by atoms with Crippen LogP contribution in [0.4, 0.5) is 18.0 Å². The molecule has 0 aromatic rings. The van der Waals surface area contributed by atoms with E-state index in [2.05, 4.69) is 34.2 Å². The maximum absolute atomic E-state index is 15.0. The van der Waals surface area contributed by atoms with Crippen molar-refractivity contribution in [2.75, 3.05) is 26.2 Å². The average Bonchev–Trinajstić information content (AvgIpc) is 3.32. The van der Waals surface area contributed by atoms with E-state index >= 15 is 0 Å². The van der Waals surface area contributed by atoms with Crippen molar-refractivity contribution in [1.29, 1.82) is 0 Å². The van der Waals surface area contributed by atoms with Gasteiger partial charge in [0.2, 0.25) is 0 Å². The van der Waals surface area contributed by atoms with Gasteiger partial charge in [0.1, 0.15) is 12.2 Å². The highest BCUT2D eigenvalue weighted by Crippen LogP contribution is 2.38. The molecule has 0 aromatic heterocycles. The SMILES string of the molecule is CC(C)N1CC[C@H](O[C@H]2CCCC(F)(F)[C@@H]2NC(=O)N2CCC(C)(C(=N/O)/N=C/[C@@H]3C[C@@H]3F)CC2)C1. The number of hydrogen-bond donors (Lipinski definition) is 2. The van der Waals surface area contributed by atoms with Gasteiger partial charge in [0.25, 0.3) is 5.92 Å². The molecule has 36 heavy (non-hydrogen) atoms. The number of nitrogens with one attached hydrogen (secondary N) is 1. The number of alkyl halides is 3. The largest absolute Gasteiger partial charge is 0.409 e. The Morgan fingerprint density at radius 1 is 1.19 bits per heavy atom. The monoisotopic (exact) mass is 515 g/mol. The average molecular weight is 516 g/mol. The van der Waals surface area contributed by atoms with Crippen molar-refractivity contribution < 1.29 is 27.9 Å². The van der Waals surface area contributed by atoms with Crippen LogP contribution in [0.15, 0.2) is 10.1 Å². The van der Waals surface area contributed by atoms with Crippen LogP contribution < -0.4 is 5.32 Å². The molecule has 2 aliphatic carbocycles. The van der Waals surface area contributed by atoms with Crippen molar-refractivity contribution in [2.45, 2.75) is 102 Å². The molecular weight excluding hydrogens is 475 g/mol. The fourth-order valence-electron chi connectivity index (χ4n) is 5.52. The van der Waals surface area contributed by atoms with Crippen LogP contribution in [0.25, 0.3) is 0 Å². The normalized spacial score (nSPS) is 34.9. The van der Waals surface area contributed by atoms with Crippen LogP contribution in [0, 0.1) is 11.3 Å². The number of nitrogens with zero attached hydrogens (tertiary/aromatic N) is 4. The number of aliphatic imine (C=N–C) groups is 1. The summed E-state index contributed by atoms with van der Waals surface area (Å²) >= 11 is 0. The number of urea groups is 1. The van der Waals surface area contributed by atoms with E-state index in [4.69, 9.17) is 4.74 Å². The second kappa shape index (κ2) is 10.8. The number of hydrogen-bond acceptors (Lipinski definition) is 5. The summed E-state index contributed by atoms with van der Waals surface area (Å²) in [6, 6.07) is -1.52. The molecule has 0 aromatic carbocycles. The first-order valence-corrected chi connectivity index (χ1v) is 13.3. The van der Waals surface area contributed by atoms with Crippen molar-refractivity contribution in [3.63, 3.8) is 0 Å². The molecule has 2 N–H and O–H groups in total. The van der Waals surface area contributed by atoms with Gasteiger partial charge in [0.15, 0.2) is 5.84 Å². The number of oxime groups is 1. The summed E-state index contributed by atoms with van der Waals surface area (Å²) in [6.45, 7) is 8.32. The van der Waals surface area contributed by atoms with Crippen LogP contribution in [-0.2, 0) is 4.74 Å². The van der Waals surface area contributed by atoms with Crippen LogP contribution in [0.3, 0.4) is 0 Å². The van der Waals surface area contributed by atoms with Gasteiger partial charge in [-0.2, -0.15) is 0 Å². The number of amidine groups is 1. The van der Waals surface area contributed by atoms with Crippen LogP contribution in [0.1, 0.15) is 65.7 Å². The second-order valence-corrected chi connectivity index (χ2v) is 11.4. The highest BCUT2D eigenvalue weighted by atomic mass is 19.3. The third kappa shape index (κ3) is 6.15. The van der Waals surface area contributed by atoms with Crippen molar-refractivity contribution >= 4 is 18.1 Å². The molecule has 5 atom stereocenters. The minimum absolute atomic E-state index is 0.110. The third-order valence-electron chi connectivity index (χ3n) is 8.31. The van der Waals surface area contributed by atoms with Gasteiger partial charge in [0, 0.05) is 56.2 Å². The summed E-state index contributed by atoms with van der Waals surface area (Å²) in [6.07, 6.45) is 2.48. The first kappa shape index (κ1) is 27.2. The summed E-state index contributed by atoms with van der Waals surface area (Å²) in [5, 5.41) is 15.4. The number of carbonyl (C=O) groups is 1. The van der Waals surface area contributed by atoms with Crippen LogP contribution >= 0.6 is 0 Å². The van der Waals surface area contributed by atoms with E-state index in [1.165, 1.54) is 11.1 Å². The molecule has 2 amide bonds. The summed E-state index contributed by atoms with van der Waals surface area (Å²) in [5.41, 5.74) is -0.589. The Kier molecular flexibility index (Phi) is 8.19. The maximum atomic E-state index is 15.0. The van der Waals surface area contributed by atoms with E-state index in [9.17, 15) is 23.2 Å². The lowest BCUT2D eigenvalue weighted by atomic mass is 9.79. The molecule has 4 rings (SSSR count). The zero-order valence-electron chi connectivity index (χ0n) is 21.5. The van der Waals surface area contributed by atoms with Crippen LogP contribution in [0.2, 0.25) is 0 Å². The smallest absolute Gasteiger partial charge is 0.317 e. The van der Waals surface area contributed by atoms with E-state index in [-0.39, 0.29) is 24.3 Å². The van der Waals surface area contributed by atoms with E-state index < -0.39 is 35.7 Å². The van der Waals surface area contributed by atoms with Gasteiger partial charge in [0.05, 0.1) is 12.2 Å². The number of amides is 2. The Morgan fingerprint density at radius 2 is 1.89 bits per heavy atom. The molecule has 204 valence electrons. The molecular formula is C25H40F3N5O3. The Morgan fingerprint density at radius 3 is 2.47 bits per heavy atom. The predicted octanol–water partition coefficient (Wildman–Crippen LogP) is 4.07. The van der Waals surface area contributed by atoms with Crippen molar-refractivity contribution in [1.82, 2.24) is 15.1 Å². The molecule has 0 bridgehead atoms. The molecule has 0 unspecified atom stereocenters. The first-order chi connectivity index (χ1) is 17.0. The fourth-order valence-corrected chi connectivity index (χ4v) is 5.52. The van der Waals surface area contributed by atoms with Gasteiger partial charge >= 0.3 is 6.03 Å². The lowest BCUT2D eigenvalue weighted by Gasteiger charge is -2.42. The molecule has 4 fully saturated rings. The van der Waals surface area contributed by atoms with Crippen LogP contribution in [-0.4, -0.2) is 95.7 Å². The minimum Gasteiger partial charge on any atom is -0.409 e. The Hall–Kier alpha value is -1.88. The van der Waals surface area contributed by atoms with Crippen LogP contribution in [0.5, 0.6) is 0 Å². The van der Waals surface area contributed by atoms with Crippen molar-refractivity contribution in [2.24, 2.45) is 21.5 Å². The van der Waals surface area contributed by atoms with Gasteiger partial charge < -0.3 is 20.2 Å². The Bertz CT molecular complexity index is 847. The quantitative estimate of drug-likeness (QED) is 0.242. The maximum Gasteiger partial charge on any atom is 0.317 e. The molecule has 2 saturated carbocycles. The number of likely N-dealkylation sites (tertiary alicyclic amines) is 2. The molecule has 0 radical (unpaired) electrons.